The molecule has 0 amide bonds. The van der Waals surface area contributed by atoms with Gasteiger partial charge in [0, 0.05) is 6.20 Å². The minimum Gasteiger partial charge on any atom is -0.464 e. The summed E-state index contributed by atoms with van der Waals surface area (Å²) in [6.07, 6.45) is 3.05. The van der Waals surface area contributed by atoms with Crippen LogP contribution in [0.25, 0.3) is 11.0 Å². The molecule has 0 radical (unpaired) electrons. The van der Waals surface area contributed by atoms with Gasteiger partial charge in [-0.2, -0.15) is 0 Å². The molecule has 72 valence electrons. The lowest BCUT2D eigenvalue weighted by atomic mass is 10.2. The van der Waals surface area contributed by atoms with Crippen LogP contribution in [0.2, 0.25) is 0 Å². The molecule has 0 aliphatic heterocycles. The summed E-state index contributed by atoms with van der Waals surface area (Å²) in [4.78, 5) is 15.4. The second-order valence-corrected chi connectivity index (χ2v) is 2.71. The molecule has 0 spiro atoms. The van der Waals surface area contributed by atoms with Gasteiger partial charge in [0.2, 0.25) is 0 Å². The maximum atomic E-state index is 11.4. The molecular weight excluding hydrogens is 182 g/mol. The Kier molecular flexibility index (Phi) is 2.18. The number of nitrogens with zero attached hydrogens (tertiary/aromatic N) is 1. The third-order valence-electron chi connectivity index (χ3n) is 1.85. The molecule has 0 aromatic carbocycles. The molecule has 2 aromatic rings. The maximum Gasteiger partial charge on any atom is 0.357 e. The van der Waals surface area contributed by atoms with Gasteiger partial charge in [0.15, 0.2) is 5.69 Å². The highest BCUT2D eigenvalue weighted by Crippen LogP contribution is 2.18. The summed E-state index contributed by atoms with van der Waals surface area (Å²) in [6, 6.07) is 3.41. The number of ether oxygens (including phenoxy) is 1. The van der Waals surface area contributed by atoms with E-state index in [9.17, 15) is 4.79 Å². The average molecular weight is 191 g/mol. The average Bonchev–Trinajstić information content (AvgIpc) is 2.65. The molecule has 0 unspecified atom stereocenters. The van der Waals surface area contributed by atoms with Gasteiger partial charge in [-0.15, -0.1) is 0 Å². The van der Waals surface area contributed by atoms with Gasteiger partial charge >= 0.3 is 5.97 Å². The molecule has 2 rings (SSSR count). The van der Waals surface area contributed by atoms with Crippen LogP contribution in [0, 0.1) is 0 Å². The Balaban J connectivity index is 2.50. The van der Waals surface area contributed by atoms with Crippen molar-refractivity contribution in [2.75, 3.05) is 6.61 Å². The molecule has 4 heteroatoms. The van der Waals surface area contributed by atoms with Crippen molar-refractivity contribution in [2.24, 2.45) is 0 Å². The minimum atomic E-state index is -0.417. The predicted molar refractivity (Wildman–Crippen MR) is 50.0 cm³/mol. The smallest absolute Gasteiger partial charge is 0.357 e. The van der Waals surface area contributed by atoms with Crippen LogP contribution in [0.4, 0.5) is 0 Å². The van der Waals surface area contributed by atoms with Gasteiger partial charge < -0.3 is 9.15 Å². The van der Waals surface area contributed by atoms with Crippen LogP contribution in [-0.2, 0) is 4.74 Å². The number of fused-ring (bicyclic) bond motifs is 1. The molecular formula is C10H9NO3. The number of carbonyl (C=O) groups is 1. The molecule has 2 aromatic heterocycles. The van der Waals surface area contributed by atoms with E-state index < -0.39 is 5.97 Å². The Bertz CT molecular complexity index is 461. The van der Waals surface area contributed by atoms with E-state index in [0.717, 1.165) is 0 Å². The summed E-state index contributed by atoms with van der Waals surface area (Å²) >= 11 is 0. The molecule has 0 aliphatic carbocycles. The van der Waals surface area contributed by atoms with Crippen molar-refractivity contribution >= 4 is 16.9 Å². The zero-order chi connectivity index (χ0) is 9.97. The number of hydrogen-bond donors (Lipinski definition) is 0. The Morgan fingerprint density at radius 3 is 3.21 bits per heavy atom. The van der Waals surface area contributed by atoms with E-state index in [4.69, 9.17) is 9.15 Å². The topological polar surface area (TPSA) is 52.3 Å². The SMILES string of the molecule is CCOC(=O)c1nccc2occc12. The van der Waals surface area contributed by atoms with E-state index in [1.165, 1.54) is 12.5 Å². The second-order valence-electron chi connectivity index (χ2n) is 2.71. The van der Waals surface area contributed by atoms with E-state index in [1.807, 2.05) is 0 Å². The van der Waals surface area contributed by atoms with Crippen LogP contribution >= 0.6 is 0 Å². The monoisotopic (exact) mass is 191 g/mol. The summed E-state index contributed by atoms with van der Waals surface area (Å²) in [5.41, 5.74) is 0.946. The highest BCUT2D eigenvalue weighted by Gasteiger charge is 2.13. The van der Waals surface area contributed by atoms with E-state index >= 15 is 0 Å². The lowest BCUT2D eigenvalue weighted by Crippen LogP contribution is -2.06. The zero-order valence-electron chi connectivity index (χ0n) is 7.69. The van der Waals surface area contributed by atoms with E-state index in [0.29, 0.717) is 23.3 Å². The van der Waals surface area contributed by atoms with Gasteiger partial charge in [-0.1, -0.05) is 0 Å². The maximum absolute atomic E-state index is 11.4. The highest BCUT2D eigenvalue weighted by molar-refractivity contribution is 6.00. The van der Waals surface area contributed by atoms with Gasteiger partial charge in [0.05, 0.1) is 18.3 Å². The number of pyridine rings is 1. The summed E-state index contributed by atoms with van der Waals surface area (Å²) in [6.45, 7) is 2.10. The summed E-state index contributed by atoms with van der Waals surface area (Å²) in [7, 11) is 0. The standard InChI is InChI=1S/C10H9NO3/c1-2-13-10(12)9-7-4-6-14-8(7)3-5-11-9/h3-6H,2H2,1H3. The molecule has 0 saturated heterocycles. The van der Waals surface area contributed by atoms with Crippen LogP contribution in [0.1, 0.15) is 17.4 Å². The number of esters is 1. The van der Waals surface area contributed by atoms with Gasteiger partial charge in [0.1, 0.15) is 5.58 Å². The first-order valence-electron chi connectivity index (χ1n) is 4.32. The molecule has 0 aliphatic rings. The van der Waals surface area contributed by atoms with E-state index in [-0.39, 0.29) is 0 Å². The van der Waals surface area contributed by atoms with E-state index in [2.05, 4.69) is 4.98 Å². The number of rotatable bonds is 2. The number of aromatic nitrogens is 1. The lowest BCUT2D eigenvalue weighted by Gasteiger charge is -2.00. The lowest BCUT2D eigenvalue weighted by molar-refractivity contribution is 0.0522. The Morgan fingerprint density at radius 2 is 2.43 bits per heavy atom. The molecule has 4 nitrogen and oxygen atoms in total. The highest BCUT2D eigenvalue weighted by atomic mass is 16.5. The number of hydrogen-bond acceptors (Lipinski definition) is 4. The van der Waals surface area contributed by atoms with Gasteiger partial charge in [-0.25, -0.2) is 9.78 Å². The first-order valence-corrected chi connectivity index (χ1v) is 4.32. The van der Waals surface area contributed by atoms with Crippen molar-refractivity contribution < 1.29 is 13.9 Å². The first-order chi connectivity index (χ1) is 6.83. The molecule has 0 atom stereocenters. The van der Waals surface area contributed by atoms with Gasteiger partial charge in [-0.05, 0) is 19.1 Å². The minimum absolute atomic E-state index is 0.304. The predicted octanol–water partition coefficient (Wildman–Crippen LogP) is 2.00. The largest absolute Gasteiger partial charge is 0.464 e. The summed E-state index contributed by atoms with van der Waals surface area (Å²) < 4.78 is 10.0. The molecule has 14 heavy (non-hydrogen) atoms. The van der Waals surface area contributed by atoms with Crippen molar-refractivity contribution in [1.82, 2.24) is 4.98 Å². The van der Waals surface area contributed by atoms with Crippen LogP contribution in [0.3, 0.4) is 0 Å². The van der Waals surface area contributed by atoms with Gasteiger partial charge in [0.25, 0.3) is 0 Å². The Hall–Kier alpha value is -1.84. The van der Waals surface area contributed by atoms with Crippen molar-refractivity contribution in [1.29, 1.82) is 0 Å². The van der Waals surface area contributed by atoms with Crippen LogP contribution in [0.5, 0.6) is 0 Å². The van der Waals surface area contributed by atoms with Crippen LogP contribution in [-0.4, -0.2) is 17.6 Å². The molecule has 0 bridgehead atoms. The van der Waals surface area contributed by atoms with Crippen LogP contribution in [0.15, 0.2) is 29.0 Å². The fraction of sp³-hybridized carbons (Fsp3) is 0.200. The van der Waals surface area contributed by atoms with Crippen molar-refractivity contribution in [3.05, 3.63) is 30.3 Å². The Labute approximate surface area is 80.5 Å². The third-order valence-corrected chi connectivity index (χ3v) is 1.85. The summed E-state index contributed by atoms with van der Waals surface area (Å²) in [5.74, 6) is -0.417. The quantitative estimate of drug-likeness (QED) is 0.681. The van der Waals surface area contributed by atoms with Crippen molar-refractivity contribution in [3.63, 3.8) is 0 Å². The fourth-order valence-electron chi connectivity index (χ4n) is 1.26. The molecule has 0 fully saturated rings. The molecule has 0 N–H and O–H groups in total. The van der Waals surface area contributed by atoms with Gasteiger partial charge in [-0.3, -0.25) is 0 Å². The molecule has 2 heterocycles. The second kappa shape index (κ2) is 3.49. The third kappa shape index (κ3) is 1.35. The number of carbonyl (C=O) groups excluding carboxylic acids is 1. The van der Waals surface area contributed by atoms with E-state index in [1.54, 1.807) is 19.1 Å². The molecule has 0 saturated carbocycles. The van der Waals surface area contributed by atoms with Crippen LogP contribution < -0.4 is 0 Å². The zero-order valence-corrected chi connectivity index (χ0v) is 7.69. The normalized spacial score (nSPS) is 10.4. The Morgan fingerprint density at radius 1 is 1.57 bits per heavy atom. The number of furan rings is 1. The fourth-order valence-corrected chi connectivity index (χ4v) is 1.26. The van der Waals surface area contributed by atoms with Crippen molar-refractivity contribution in [2.45, 2.75) is 6.92 Å². The summed E-state index contributed by atoms with van der Waals surface area (Å²) in [5, 5.41) is 0.686. The first kappa shape index (κ1) is 8.74. The van der Waals surface area contributed by atoms with Crippen molar-refractivity contribution in [3.8, 4) is 0 Å².